The molecule has 2 heterocycles. The van der Waals surface area contributed by atoms with E-state index >= 15 is 0 Å². The van der Waals surface area contributed by atoms with E-state index < -0.39 is 36.4 Å². The molecule has 0 bridgehead atoms. The maximum atomic E-state index is 13.3. The lowest BCUT2D eigenvalue weighted by molar-refractivity contribution is -0.262. The summed E-state index contributed by atoms with van der Waals surface area (Å²) in [4.78, 5) is 11.2. The molecule has 0 amide bonds. The molecule has 1 aliphatic heterocycles. The van der Waals surface area contributed by atoms with E-state index in [1.807, 2.05) is 0 Å². The highest BCUT2D eigenvalue weighted by atomic mass is 18.2. The maximum absolute atomic E-state index is 13.3. The number of rotatable bonds is 3. The summed E-state index contributed by atoms with van der Waals surface area (Å²) in [5, 5.41) is 32.3. The average Bonchev–Trinajstić information content (AvgIpc) is 2.54. The van der Waals surface area contributed by atoms with E-state index in [0.717, 1.165) is 5.39 Å². The Kier molecular flexibility index (Phi) is 4.31. The largest absolute Gasteiger partial charge is 0.423 e. The minimum atomic E-state index is -2.06. The molecule has 3 rings (SSSR count). The Hall–Kier alpha value is -2.00. The van der Waals surface area contributed by atoms with Gasteiger partial charge in [0.1, 0.15) is 23.9 Å². The molecule has 7 nitrogen and oxygen atoms in total. The predicted molar refractivity (Wildman–Crippen MR) is 78.8 cm³/mol. The minimum Gasteiger partial charge on any atom is -0.423 e. The van der Waals surface area contributed by atoms with E-state index in [1.165, 1.54) is 6.07 Å². The summed E-state index contributed by atoms with van der Waals surface area (Å²) in [5.74, 6) is 0. The molecule has 23 heavy (non-hydrogen) atoms. The molecule has 2 aromatic rings. The highest BCUT2D eigenvalue weighted by Crippen LogP contribution is 2.23. The van der Waals surface area contributed by atoms with Gasteiger partial charge in [-0.05, 0) is 18.2 Å². The number of nitrogens with one attached hydrogen (secondary N) is 1. The van der Waals surface area contributed by atoms with Gasteiger partial charge in [-0.2, -0.15) is 0 Å². The fourth-order valence-electron chi connectivity index (χ4n) is 2.47. The molecule has 124 valence electrons. The van der Waals surface area contributed by atoms with Crippen LogP contribution in [0.5, 0.6) is 0 Å². The van der Waals surface area contributed by atoms with Gasteiger partial charge in [-0.15, -0.1) is 0 Å². The van der Waals surface area contributed by atoms with Gasteiger partial charge in [0.25, 0.3) is 0 Å². The monoisotopic (exact) mass is 324 g/mol. The van der Waals surface area contributed by atoms with Crippen molar-refractivity contribution in [3.63, 3.8) is 0 Å². The summed E-state index contributed by atoms with van der Waals surface area (Å²) in [5.41, 5.74) is 0.492. The molecule has 1 fully saturated rings. The summed E-state index contributed by atoms with van der Waals surface area (Å²) in [7, 11) is 0. The fraction of sp³-hybridized carbons (Fsp3) is 0.400. The van der Waals surface area contributed by atoms with Crippen LogP contribution in [0.2, 0.25) is 0 Å². The van der Waals surface area contributed by atoms with E-state index in [2.05, 4.69) is 5.32 Å². The van der Waals surface area contributed by atoms with Gasteiger partial charge in [0.2, 0.25) is 0 Å². The van der Waals surface area contributed by atoms with Crippen LogP contribution < -0.4 is 10.9 Å². The highest BCUT2D eigenvalue weighted by Gasteiger charge is 2.43. The van der Waals surface area contributed by atoms with Crippen LogP contribution in [0.3, 0.4) is 0 Å². The number of hydrogen-bond acceptors (Lipinski definition) is 7. The van der Waals surface area contributed by atoms with Crippen LogP contribution in [-0.2, 0) is 4.74 Å². The highest BCUT2D eigenvalue weighted by molar-refractivity contribution is 5.80. The van der Waals surface area contributed by atoms with Gasteiger partial charge in [-0.1, -0.05) is 0 Å². The van der Waals surface area contributed by atoms with Crippen molar-refractivity contribution >= 4 is 16.7 Å². The number of ether oxygens (including phenoxy) is 1. The number of aliphatic hydroxyl groups is 3. The first-order chi connectivity index (χ1) is 11.0. The fourth-order valence-corrected chi connectivity index (χ4v) is 2.47. The Labute approximate surface area is 129 Å². The molecular weight excluding hydrogens is 308 g/mol. The zero-order chi connectivity index (χ0) is 16.6. The molecule has 0 radical (unpaired) electrons. The molecule has 1 aromatic carbocycles. The summed E-state index contributed by atoms with van der Waals surface area (Å²) in [6.45, 7) is 0.0184. The number of halogens is 1. The van der Waals surface area contributed by atoms with Gasteiger partial charge >= 0.3 is 5.63 Å². The SMILES string of the molecule is O=c1ccc2ccc(NCC3OC(O)C([18F])[C@@H](O)[C@@H]3O)cc2o1. The second-order valence-electron chi connectivity index (χ2n) is 5.38. The normalized spacial score (nSPS) is 31.2. The molecular formula is C15H16FNO6. The molecule has 0 saturated carbocycles. The summed E-state index contributed by atoms with van der Waals surface area (Å²) < 4.78 is 23.3. The van der Waals surface area contributed by atoms with Gasteiger partial charge in [0, 0.05) is 29.8 Å². The van der Waals surface area contributed by atoms with E-state index in [1.54, 1.807) is 24.3 Å². The smallest absolute Gasteiger partial charge is 0.336 e. The Morgan fingerprint density at radius 2 is 1.87 bits per heavy atom. The number of aliphatic hydroxyl groups excluding tert-OH is 3. The lowest BCUT2D eigenvalue weighted by atomic mass is 9.99. The van der Waals surface area contributed by atoms with Crippen LogP contribution in [-0.4, -0.2) is 52.6 Å². The van der Waals surface area contributed by atoms with Crippen molar-refractivity contribution < 1.29 is 28.9 Å². The molecule has 1 saturated heterocycles. The number of fused-ring (bicyclic) bond motifs is 1. The minimum absolute atomic E-state index is 0.0184. The van der Waals surface area contributed by atoms with E-state index in [-0.39, 0.29) is 6.54 Å². The van der Waals surface area contributed by atoms with Gasteiger partial charge in [-0.25, -0.2) is 9.18 Å². The van der Waals surface area contributed by atoms with Gasteiger partial charge < -0.3 is 29.8 Å². The number of alkyl halides is 1. The summed E-state index contributed by atoms with van der Waals surface area (Å²) >= 11 is 0. The zero-order valence-electron chi connectivity index (χ0n) is 11.9. The Morgan fingerprint density at radius 1 is 1.13 bits per heavy atom. The summed E-state index contributed by atoms with van der Waals surface area (Å²) in [6, 6.07) is 8.00. The zero-order valence-corrected chi connectivity index (χ0v) is 11.9. The average molecular weight is 324 g/mol. The molecule has 0 spiro atoms. The van der Waals surface area contributed by atoms with E-state index in [4.69, 9.17) is 9.15 Å². The third kappa shape index (κ3) is 3.20. The van der Waals surface area contributed by atoms with Crippen molar-refractivity contribution in [1.82, 2.24) is 0 Å². The van der Waals surface area contributed by atoms with Gasteiger partial charge in [0.15, 0.2) is 12.5 Å². The first kappa shape index (κ1) is 15.9. The van der Waals surface area contributed by atoms with E-state index in [0.29, 0.717) is 11.3 Å². The van der Waals surface area contributed by atoms with E-state index in [9.17, 15) is 24.5 Å². The topological polar surface area (TPSA) is 112 Å². The standard InChI is InChI=1S/C15H16FNO6/c16-12-14(20)13(19)10(23-15(12)21)6-17-8-3-1-7-2-4-11(18)22-9(7)5-8/h1-5,10,12-15,17,19-21H,6H2/t10?,12?,13-,14-,15?/m1/s1/i16-1. The van der Waals surface area contributed by atoms with Crippen LogP contribution in [0, 0.1) is 0 Å². The predicted octanol–water partition coefficient (Wildman–Crippen LogP) is -0.0180. The second-order valence-corrected chi connectivity index (χ2v) is 5.38. The molecule has 1 aromatic heterocycles. The van der Waals surface area contributed by atoms with Crippen LogP contribution in [0.25, 0.3) is 11.0 Å². The van der Waals surface area contributed by atoms with Crippen LogP contribution in [0.1, 0.15) is 0 Å². The molecule has 0 aliphatic carbocycles. The quantitative estimate of drug-likeness (QED) is 0.587. The van der Waals surface area contributed by atoms with Crippen LogP contribution in [0.4, 0.5) is 10.1 Å². The Bertz CT molecular complexity index is 750. The molecule has 4 N–H and O–H groups in total. The van der Waals surface area contributed by atoms with Crippen molar-refractivity contribution in [3.8, 4) is 0 Å². The Balaban J connectivity index is 1.71. The molecule has 1 aliphatic rings. The lowest BCUT2D eigenvalue weighted by Gasteiger charge is -2.37. The first-order valence-corrected chi connectivity index (χ1v) is 7.07. The first-order valence-electron chi connectivity index (χ1n) is 7.07. The van der Waals surface area contributed by atoms with Crippen molar-refractivity contribution in [2.75, 3.05) is 11.9 Å². The molecule has 3 unspecified atom stereocenters. The number of benzene rings is 1. The van der Waals surface area contributed by atoms with Crippen molar-refractivity contribution in [2.45, 2.75) is 30.8 Å². The third-order valence-electron chi connectivity index (χ3n) is 3.77. The van der Waals surface area contributed by atoms with Gasteiger partial charge in [0.05, 0.1) is 0 Å². The number of hydrogen-bond donors (Lipinski definition) is 4. The van der Waals surface area contributed by atoms with Gasteiger partial charge in [-0.3, -0.25) is 0 Å². The molecule has 5 atom stereocenters. The second kappa shape index (κ2) is 6.25. The third-order valence-corrected chi connectivity index (χ3v) is 3.77. The maximum Gasteiger partial charge on any atom is 0.336 e. The van der Waals surface area contributed by atoms with Crippen molar-refractivity contribution in [3.05, 3.63) is 40.8 Å². The molecule has 8 heteroatoms. The number of anilines is 1. The summed E-state index contributed by atoms with van der Waals surface area (Å²) in [6.07, 6.45) is -8.05. The lowest BCUT2D eigenvalue weighted by Crippen LogP contribution is -2.57. The van der Waals surface area contributed by atoms with Crippen molar-refractivity contribution in [1.29, 1.82) is 0 Å². The van der Waals surface area contributed by atoms with Crippen LogP contribution >= 0.6 is 0 Å². The Morgan fingerprint density at radius 3 is 2.65 bits per heavy atom. The van der Waals surface area contributed by atoms with Crippen molar-refractivity contribution in [2.24, 2.45) is 0 Å². The van der Waals surface area contributed by atoms with Crippen LogP contribution in [0.15, 0.2) is 39.5 Å².